The van der Waals surface area contributed by atoms with Gasteiger partial charge in [-0.2, -0.15) is 0 Å². The maximum Gasteiger partial charge on any atom is 0.410 e. The normalized spacial score (nSPS) is 29.1. The molecule has 2 aliphatic rings. The number of likely N-dealkylation sites (tertiary alicyclic amines) is 1. The summed E-state index contributed by atoms with van der Waals surface area (Å²) < 4.78 is 5.35. The van der Waals surface area contributed by atoms with Gasteiger partial charge in [-0.15, -0.1) is 0 Å². The molecular weight excluding hydrogens is 218 g/mol. The molecule has 2 fully saturated rings. The number of amides is 1. The van der Waals surface area contributed by atoms with Gasteiger partial charge < -0.3 is 9.64 Å². The van der Waals surface area contributed by atoms with E-state index < -0.39 is 5.60 Å². The van der Waals surface area contributed by atoms with Gasteiger partial charge in [0.15, 0.2) is 0 Å². The Labute approximate surface area is 102 Å². The summed E-state index contributed by atoms with van der Waals surface area (Å²) in [6, 6.07) is 0. The van der Waals surface area contributed by atoms with E-state index in [1.165, 1.54) is 0 Å². The van der Waals surface area contributed by atoms with E-state index in [1.54, 1.807) is 4.90 Å². The van der Waals surface area contributed by atoms with Crippen LogP contribution in [0.5, 0.6) is 0 Å². The molecule has 1 aliphatic carbocycles. The predicted molar refractivity (Wildman–Crippen MR) is 63.6 cm³/mol. The quantitative estimate of drug-likeness (QED) is 0.651. The lowest BCUT2D eigenvalue weighted by atomic mass is 9.89. The van der Waals surface area contributed by atoms with Gasteiger partial charge in [0.25, 0.3) is 0 Å². The summed E-state index contributed by atoms with van der Waals surface area (Å²) in [5.41, 5.74) is -0.445. The SMILES string of the molecule is CC(C)(C)OC(=O)N1CCC2CC(=O)C[C@@H]2C1. The van der Waals surface area contributed by atoms with Crippen LogP contribution >= 0.6 is 0 Å². The number of fused-ring (bicyclic) bond motifs is 1. The average Bonchev–Trinajstić information content (AvgIpc) is 2.53. The monoisotopic (exact) mass is 239 g/mol. The number of carbonyl (C=O) groups excluding carboxylic acids is 2. The summed E-state index contributed by atoms with van der Waals surface area (Å²) in [6.07, 6.45) is 2.06. The van der Waals surface area contributed by atoms with Crippen LogP contribution in [0.15, 0.2) is 0 Å². The molecule has 0 N–H and O–H groups in total. The van der Waals surface area contributed by atoms with E-state index in [1.807, 2.05) is 20.8 Å². The van der Waals surface area contributed by atoms with Crippen LogP contribution in [0.2, 0.25) is 0 Å². The topological polar surface area (TPSA) is 46.6 Å². The van der Waals surface area contributed by atoms with Crippen molar-refractivity contribution in [2.75, 3.05) is 13.1 Å². The van der Waals surface area contributed by atoms with E-state index in [9.17, 15) is 9.59 Å². The Balaban J connectivity index is 1.92. The highest BCUT2D eigenvalue weighted by Crippen LogP contribution is 2.36. The van der Waals surface area contributed by atoms with Crippen molar-refractivity contribution in [1.82, 2.24) is 4.90 Å². The highest BCUT2D eigenvalue weighted by atomic mass is 16.6. The molecule has 0 bridgehead atoms. The molecule has 0 aromatic heterocycles. The zero-order valence-electron chi connectivity index (χ0n) is 10.9. The number of ether oxygens (including phenoxy) is 1. The molecular formula is C13H21NO3. The van der Waals surface area contributed by atoms with Crippen LogP contribution in [0.3, 0.4) is 0 Å². The summed E-state index contributed by atoms with van der Waals surface area (Å²) in [6.45, 7) is 7.03. The number of carbonyl (C=O) groups is 2. The van der Waals surface area contributed by atoms with Gasteiger partial charge in [-0.05, 0) is 39.0 Å². The Bertz CT molecular complexity index is 332. The Morgan fingerprint density at radius 3 is 2.59 bits per heavy atom. The minimum atomic E-state index is -0.445. The zero-order valence-corrected chi connectivity index (χ0v) is 10.9. The van der Waals surface area contributed by atoms with Crippen LogP contribution in [0.1, 0.15) is 40.0 Å². The third kappa shape index (κ3) is 2.99. The van der Waals surface area contributed by atoms with E-state index in [0.717, 1.165) is 13.0 Å². The molecule has 4 heteroatoms. The molecule has 17 heavy (non-hydrogen) atoms. The van der Waals surface area contributed by atoms with Crippen molar-refractivity contribution < 1.29 is 14.3 Å². The second-order valence-electron chi connectivity index (χ2n) is 6.18. The minimum absolute atomic E-state index is 0.240. The molecule has 1 unspecified atom stereocenters. The third-order valence-corrected chi connectivity index (χ3v) is 3.52. The smallest absolute Gasteiger partial charge is 0.410 e. The Morgan fingerprint density at radius 1 is 1.29 bits per heavy atom. The number of hydrogen-bond donors (Lipinski definition) is 0. The minimum Gasteiger partial charge on any atom is -0.444 e. The van der Waals surface area contributed by atoms with Crippen molar-refractivity contribution in [2.45, 2.75) is 45.6 Å². The van der Waals surface area contributed by atoms with E-state index in [4.69, 9.17) is 4.74 Å². The maximum absolute atomic E-state index is 11.9. The van der Waals surface area contributed by atoms with Gasteiger partial charge in [0.05, 0.1) is 0 Å². The molecule has 0 radical (unpaired) electrons. The first-order chi connectivity index (χ1) is 7.85. The van der Waals surface area contributed by atoms with Crippen LogP contribution in [-0.2, 0) is 9.53 Å². The number of nitrogens with zero attached hydrogens (tertiary/aromatic N) is 1. The molecule has 0 aromatic carbocycles. The number of Topliss-reactive ketones (excluding diaryl/α,β-unsaturated/α-hetero) is 1. The second-order valence-corrected chi connectivity index (χ2v) is 6.18. The van der Waals surface area contributed by atoms with Crippen LogP contribution in [0, 0.1) is 11.8 Å². The van der Waals surface area contributed by atoms with Crippen molar-refractivity contribution in [3.63, 3.8) is 0 Å². The fourth-order valence-corrected chi connectivity index (χ4v) is 2.74. The number of hydrogen-bond acceptors (Lipinski definition) is 3. The summed E-state index contributed by atoms with van der Waals surface area (Å²) in [5, 5.41) is 0. The fraction of sp³-hybridized carbons (Fsp3) is 0.846. The molecule has 2 rings (SSSR count). The highest BCUT2D eigenvalue weighted by Gasteiger charge is 2.39. The lowest BCUT2D eigenvalue weighted by molar-refractivity contribution is -0.117. The number of piperidine rings is 1. The number of ketones is 1. The van der Waals surface area contributed by atoms with Crippen LogP contribution in [-0.4, -0.2) is 35.5 Å². The van der Waals surface area contributed by atoms with Gasteiger partial charge >= 0.3 is 6.09 Å². The standard InChI is InChI=1S/C13H21NO3/c1-13(2,3)17-12(16)14-5-4-9-6-11(15)7-10(9)8-14/h9-10H,4-8H2,1-3H3/t9?,10-/m1/s1. The van der Waals surface area contributed by atoms with Gasteiger partial charge in [-0.3, -0.25) is 4.79 Å². The van der Waals surface area contributed by atoms with Crippen LogP contribution in [0.4, 0.5) is 4.79 Å². The van der Waals surface area contributed by atoms with Crippen LogP contribution in [0.25, 0.3) is 0 Å². The Kier molecular flexibility index (Phi) is 3.15. The summed E-state index contributed by atoms with van der Waals surface area (Å²) in [5.74, 6) is 1.22. The molecule has 4 nitrogen and oxygen atoms in total. The largest absolute Gasteiger partial charge is 0.444 e. The first-order valence-corrected chi connectivity index (χ1v) is 6.35. The van der Waals surface area contributed by atoms with E-state index in [-0.39, 0.29) is 6.09 Å². The van der Waals surface area contributed by atoms with E-state index in [0.29, 0.717) is 37.0 Å². The molecule has 1 aliphatic heterocycles. The van der Waals surface area contributed by atoms with Gasteiger partial charge in [0.1, 0.15) is 11.4 Å². The molecule has 2 atom stereocenters. The first-order valence-electron chi connectivity index (χ1n) is 6.35. The van der Waals surface area contributed by atoms with Crippen molar-refractivity contribution in [2.24, 2.45) is 11.8 Å². The summed E-state index contributed by atoms with van der Waals surface area (Å²) in [4.78, 5) is 25.0. The third-order valence-electron chi connectivity index (χ3n) is 3.52. The first kappa shape index (κ1) is 12.4. The zero-order chi connectivity index (χ0) is 12.6. The van der Waals surface area contributed by atoms with Crippen LogP contribution < -0.4 is 0 Å². The van der Waals surface area contributed by atoms with Gasteiger partial charge in [0.2, 0.25) is 0 Å². The summed E-state index contributed by atoms with van der Waals surface area (Å²) in [7, 11) is 0. The maximum atomic E-state index is 11.9. The average molecular weight is 239 g/mol. The van der Waals surface area contributed by atoms with Crippen molar-refractivity contribution >= 4 is 11.9 Å². The molecule has 0 spiro atoms. The van der Waals surface area contributed by atoms with Crippen molar-refractivity contribution in [1.29, 1.82) is 0 Å². The van der Waals surface area contributed by atoms with Gasteiger partial charge in [-0.25, -0.2) is 4.79 Å². The molecule has 96 valence electrons. The lowest BCUT2D eigenvalue weighted by Crippen LogP contribution is -2.44. The van der Waals surface area contributed by atoms with Gasteiger partial charge in [0, 0.05) is 25.9 Å². The molecule has 1 amide bonds. The lowest BCUT2D eigenvalue weighted by Gasteiger charge is -2.35. The fourth-order valence-electron chi connectivity index (χ4n) is 2.74. The molecule has 1 heterocycles. The Morgan fingerprint density at radius 2 is 1.94 bits per heavy atom. The van der Waals surface area contributed by atoms with E-state index >= 15 is 0 Å². The Hall–Kier alpha value is -1.06. The highest BCUT2D eigenvalue weighted by molar-refractivity contribution is 5.81. The summed E-state index contributed by atoms with van der Waals surface area (Å²) >= 11 is 0. The van der Waals surface area contributed by atoms with Crippen molar-refractivity contribution in [3.05, 3.63) is 0 Å². The van der Waals surface area contributed by atoms with E-state index in [2.05, 4.69) is 0 Å². The number of rotatable bonds is 0. The molecule has 1 saturated heterocycles. The van der Waals surface area contributed by atoms with Crippen molar-refractivity contribution in [3.8, 4) is 0 Å². The van der Waals surface area contributed by atoms with Gasteiger partial charge in [-0.1, -0.05) is 0 Å². The predicted octanol–water partition coefficient (Wildman–Crippen LogP) is 2.22. The molecule has 0 aromatic rings. The second kappa shape index (κ2) is 4.31. The molecule has 1 saturated carbocycles.